The smallest absolute Gasteiger partial charge is 0 e. The summed E-state index contributed by atoms with van der Waals surface area (Å²) in [6.45, 7) is 0. The van der Waals surface area contributed by atoms with Gasteiger partial charge in [-0.05, 0) is 0 Å². The number of hydrogen-bond donors (Lipinski definition) is 1. The van der Waals surface area contributed by atoms with Gasteiger partial charge in [-0.15, -0.1) is 0 Å². The van der Waals surface area contributed by atoms with E-state index in [9.17, 15) is 0 Å². The zero-order valence-corrected chi connectivity index (χ0v) is 24.0. The van der Waals surface area contributed by atoms with Crippen LogP contribution in [0.25, 0.3) is 0 Å². The largest absolute Gasteiger partial charge is 0.344 e. The van der Waals surface area contributed by atoms with Gasteiger partial charge in [0.15, 0.2) is 0 Å². The summed E-state index contributed by atoms with van der Waals surface area (Å²) in [6.07, 6.45) is 0. The van der Waals surface area contributed by atoms with Crippen LogP contribution in [0.3, 0.4) is 0 Å². The molecule has 1 nitrogen and oxygen atoms in total. The van der Waals surface area contributed by atoms with Crippen LogP contribution >= 0.6 is 54.0 Å². The van der Waals surface area contributed by atoms with Gasteiger partial charge in [0, 0.05) is 161 Å². The SMILES string of the molecule is C.C.C.C.C.C.N.S.S.S.S.[2HH].[3HH].[3HH].[V].[V].[W].[Y].[Y].[Y]. The summed E-state index contributed by atoms with van der Waals surface area (Å²) >= 11 is 0. The molecule has 0 fully saturated rings. The van der Waals surface area contributed by atoms with E-state index in [2.05, 4.69) is 0 Å². The first-order valence-electron chi connectivity index (χ1n) is 0. The molecule has 5 radical (unpaired) electrons. The molecular weight excluding hydrogens is 767 g/mol. The quantitative estimate of drug-likeness (QED) is 0.361. The second kappa shape index (κ2) is 245. The van der Waals surface area contributed by atoms with Gasteiger partial charge in [-0.2, -0.15) is 54.0 Å². The Morgan fingerprint density at radius 3 is 0.471 bits per heavy atom. The molecule has 0 rings (SSSR count). The van der Waals surface area contributed by atoms with E-state index in [0.717, 1.165) is 0 Å². The monoisotopic (exact) mass is 813 g/mol. The van der Waals surface area contributed by atoms with Crippen LogP contribution in [0.5, 0.6) is 0 Å². The van der Waals surface area contributed by atoms with E-state index < -0.39 is 0 Å². The van der Waals surface area contributed by atoms with E-state index in [4.69, 9.17) is 0 Å². The first kappa shape index (κ1) is 280. The zero-order valence-electron chi connectivity index (χ0n) is 5.74. The van der Waals surface area contributed by atoms with E-state index in [1.165, 1.54) is 0 Å². The van der Waals surface area contributed by atoms with E-state index in [0.29, 0.717) is 0 Å². The maximum atomic E-state index is 0. The Morgan fingerprint density at radius 2 is 0.471 bits per heavy atom. The molecule has 0 atom stereocenters. The summed E-state index contributed by atoms with van der Waals surface area (Å²) < 4.78 is 0. The van der Waals surface area contributed by atoms with Crippen molar-refractivity contribution in [3.05, 3.63) is 0 Å². The van der Waals surface area contributed by atoms with Crippen molar-refractivity contribution in [3.63, 3.8) is 0 Å². The molecule has 0 aromatic carbocycles. The van der Waals surface area contributed by atoms with Gasteiger partial charge >= 0.3 is 0 Å². The molecule has 17 heavy (non-hydrogen) atoms. The summed E-state index contributed by atoms with van der Waals surface area (Å²) in [6, 6.07) is 0. The maximum absolute atomic E-state index is 0. The molecule has 0 saturated heterocycles. The first-order valence-corrected chi connectivity index (χ1v) is 0. The molecule has 0 aromatic heterocycles. The summed E-state index contributed by atoms with van der Waals surface area (Å²) in [4.78, 5) is 0. The molecule has 0 aromatic rings. The Balaban J connectivity index is 0. The van der Waals surface area contributed by atoms with Crippen molar-refractivity contribution in [2.24, 2.45) is 0 Å². The van der Waals surface area contributed by atoms with Crippen molar-refractivity contribution in [3.8, 4) is 0 Å². The van der Waals surface area contributed by atoms with Gasteiger partial charge < -0.3 is 6.15 Å². The molecule has 3 N–H and O–H groups in total. The summed E-state index contributed by atoms with van der Waals surface area (Å²) in [5, 5.41) is 0. The summed E-state index contributed by atoms with van der Waals surface area (Å²) in [5.74, 6) is 0. The number of rotatable bonds is 0. The Morgan fingerprint density at radius 1 is 0.471 bits per heavy atom. The van der Waals surface area contributed by atoms with Gasteiger partial charge in [0.25, 0.3) is 0 Å². The van der Waals surface area contributed by atoms with E-state index >= 15 is 0 Å². The van der Waals surface area contributed by atoms with Crippen molar-refractivity contribution in [2.75, 3.05) is 0 Å². The predicted octanol–water partition coefficient (Wildman–Crippen LogP) is 5.15. The molecule has 0 aliphatic rings. The molecule has 11 heteroatoms. The minimum Gasteiger partial charge on any atom is -0.344 e. The molecule has 0 unspecified atom stereocenters. The molecule has 0 saturated carbocycles. The molecule has 0 amide bonds. The maximum Gasteiger partial charge on any atom is 0 e. The standard InChI is InChI=1S/6CH4.H3N.4H2S.2V.W.3Y.3H2/h6*1H4;1H3;4*1H2;;;;;;;3*1H/i;;;;;;;;;;;;;;;;;2*1+2;1+1. The Bertz CT molecular complexity index is 51.4. The van der Waals surface area contributed by atoms with Crippen LogP contribution in [-0.2, 0) is 156 Å². The van der Waals surface area contributed by atoms with Crippen LogP contribution in [0.4, 0.5) is 0 Å². The Kier molecular flexibility index (Phi) is 4040. The second-order valence-corrected chi connectivity index (χ2v) is 0. The molecule has 0 aliphatic heterocycles. The van der Waals surface area contributed by atoms with Crippen LogP contribution in [0.1, 0.15) is 48.8 Å². The van der Waals surface area contributed by atoms with Crippen molar-refractivity contribution >= 4 is 54.0 Å². The van der Waals surface area contributed by atoms with Gasteiger partial charge in [-0.1, -0.05) is 44.6 Å². The zero-order chi connectivity index (χ0) is 0. The molecule has 0 aliphatic carbocycles. The fraction of sp³-hybridized carbons (Fsp3) is 1.00. The normalized spacial score (nSPS) is 0. The van der Waals surface area contributed by atoms with Crippen molar-refractivity contribution < 1.29 is 161 Å². The fourth-order valence-corrected chi connectivity index (χ4v) is 0. The van der Waals surface area contributed by atoms with Gasteiger partial charge in [-0.3, -0.25) is 0 Å². The van der Waals surface area contributed by atoms with Crippen molar-refractivity contribution in [1.29, 1.82) is 0 Å². The third-order valence-corrected chi connectivity index (χ3v) is 0. The van der Waals surface area contributed by atoms with Gasteiger partial charge in [0.05, 0.1) is 0 Å². The predicted molar refractivity (Wildman–Crippen MR) is 93.3 cm³/mol. The molecular formula is C6H41NS4V2WY3. The van der Waals surface area contributed by atoms with Crippen LogP contribution < -0.4 is 6.15 Å². The van der Waals surface area contributed by atoms with E-state index in [1.807, 2.05) is 0 Å². The summed E-state index contributed by atoms with van der Waals surface area (Å²) in [7, 11) is 0. The van der Waals surface area contributed by atoms with E-state index in [1.54, 1.807) is 0 Å². The second-order valence-electron chi connectivity index (χ2n) is 0. The van der Waals surface area contributed by atoms with Crippen LogP contribution in [0.15, 0.2) is 0 Å². The molecule has 0 bridgehead atoms. The third kappa shape index (κ3) is 223. The molecule has 119 valence electrons. The van der Waals surface area contributed by atoms with Crippen LogP contribution in [0.2, 0.25) is 0 Å². The molecule has 0 spiro atoms. The van der Waals surface area contributed by atoms with Gasteiger partial charge in [-0.25, -0.2) is 0 Å². The Labute approximate surface area is 260 Å². The Hall–Kier alpha value is 6.53. The fourth-order valence-electron chi connectivity index (χ4n) is 0. The first-order chi connectivity index (χ1) is 0. The topological polar surface area (TPSA) is 35.0 Å². The number of hydrogen-bond acceptors (Lipinski definition) is 1. The third-order valence-electron chi connectivity index (χ3n) is 0. The van der Waals surface area contributed by atoms with E-state index in [-0.39, 0.29) is 265 Å². The average Bonchev–Trinajstić information content (AvgIpc) is 0. The van der Waals surface area contributed by atoms with Crippen molar-refractivity contribution in [2.45, 2.75) is 44.6 Å². The van der Waals surface area contributed by atoms with Crippen molar-refractivity contribution in [1.82, 2.24) is 6.15 Å². The van der Waals surface area contributed by atoms with Crippen LogP contribution in [-0.4, -0.2) is 0 Å². The summed E-state index contributed by atoms with van der Waals surface area (Å²) in [5.41, 5.74) is 0. The van der Waals surface area contributed by atoms with Crippen LogP contribution in [0, 0.1) is 0 Å². The van der Waals surface area contributed by atoms with Gasteiger partial charge in [0.1, 0.15) is 0 Å². The minimum absolute atomic E-state index is 0. The molecule has 0 heterocycles. The van der Waals surface area contributed by atoms with Gasteiger partial charge in [0.2, 0.25) is 0 Å². The minimum atomic E-state index is 0. The average molecular weight is 813 g/mol.